The minimum Gasteiger partial charge on any atom is -0.508 e. The minimum absolute atomic E-state index is 0.0655. The molecule has 0 radical (unpaired) electrons. The summed E-state index contributed by atoms with van der Waals surface area (Å²) in [5, 5.41) is 9.39. The van der Waals surface area contributed by atoms with E-state index in [9.17, 15) is 14.3 Å². The van der Waals surface area contributed by atoms with E-state index in [2.05, 4.69) is 0 Å². The fourth-order valence-electron chi connectivity index (χ4n) is 1.69. The van der Waals surface area contributed by atoms with Gasteiger partial charge in [-0.25, -0.2) is 4.39 Å². The number of benzene rings is 2. The third-order valence-electron chi connectivity index (χ3n) is 2.76. The van der Waals surface area contributed by atoms with Crippen molar-refractivity contribution in [3.05, 3.63) is 53.8 Å². The minimum atomic E-state index is -0.559. The number of hydrogen-bond donors (Lipinski definition) is 2. The highest BCUT2D eigenvalue weighted by Gasteiger charge is 2.15. The number of halogens is 1. The Labute approximate surface area is 109 Å². The van der Waals surface area contributed by atoms with Gasteiger partial charge >= 0.3 is 0 Å². The van der Waals surface area contributed by atoms with Gasteiger partial charge in [-0.2, -0.15) is 0 Å². The molecule has 0 heterocycles. The summed E-state index contributed by atoms with van der Waals surface area (Å²) in [4.78, 5) is 13.5. The van der Waals surface area contributed by atoms with E-state index in [4.69, 9.17) is 5.73 Å². The zero-order chi connectivity index (χ0) is 14.0. The molecule has 98 valence electrons. The molecule has 0 fully saturated rings. The Balaban J connectivity index is 2.30. The second-order valence-electron chi connectivity index (χ2n) is 4.12. The van der Waals surface area contributed by atoms with Gasteiger partial charge in [0.05, 0.1) is 5.69 Å². The molecule has 2 rings (SSSR count). The van der Waals surface area contributed by atoms with E-state index in [1.165, 1.54) is 29.2 Å². The molecule has 0 aliphatic carbocycles. The van der Waals surface area contributed by atoms with Crippen LogP contribution in [-0.2, 0) is 0 Å². The second-order valence-corrected chi connectivity index (χ2v) is 4.12. The largest absolute Gasteiger partial charge is 0.508 e. The van der Waals surface area contributed by atoms with Gasteiger partial charge in [0.1, 0.15) is 11.6 Å². The maximum absolute atomic E-state index is 13.1. The quantitative estimate of drug-likeness (QED) is 0.815. The molecule has 0 saturated carbocycles. The van der Waals surface area contributed by atoms with Gasteiger partial charge in [-0.05, 0) is 30.3 Å². The van der Waals surface area contributed by atoms with Crippen molar-refractivity contribution >= 4 is 17.3 Å². The van der Waals surface area contributed by atoms with Crippen LogP contribution in [0.25, 0.3) is 0 Å². The van der Waals surface area contributed by atoms with Crippen LogP contribution in [0.5, 0.6) is 5.75 Å². The molecule has 0 spiro atoms. The summed E-state index contributed by atoms with van der Waals surface area (Å²) in [6, 6.07) is 10.1. The van der Waals surface area contributed by atoms with Crippen molar-refractivity contribution in [1.29, 1.82) is 0 Å². The predicted octanol–water partition coefficient (Wildman–Crippen LogP) is 2.39. The van der Waals surface area contributed by atoms with Crippen molar-refractivity contribution in [1.82, 2.24) is 0 Å². The Bertz CT molecular complexity index is 629. The fourth-order valence-corrected chi connectivity index (χ4v) is 1.69. The average Bonchev–Trinajstić information content (AvgIpc) is 2.40. The lowest BCUT2D eigenvalue weighted by atomic mass is 10.1. The van der Waals surface area contributed by atoms with E-state index < -0.39 is 5.82 Å². The summed E-state index contributed by atoms with van der Waals surface area (Å²) in [6.07, 6.45) is 0. The van der Waals surface area contributed by atoms with E-state index in [0.29, 0.717) is 5.69 Å². The number of amides is 1. The summed E-state index contributed by atoms with van der Waals surface area (Å²) in [5.41, 5.74) is 6.18. The molecule has 0 aliphatic rings. The van der Waals surface area contributed by atoms with Crippen molar-refractivity contribution in [2.75, 3.05) is 17.7 Å². The Kier molecular flexibility index (Phi) is 3.37. The Morgan fingerprint density at radius 3 is 2.63 bits per heavy atom. The zero-order valence-electron chi connectivity index (χ0n) is 10.3. The highest BCUT2D eigenvalue weighted by Crippen LogP contribution is 2.21. The first-order chi connectivity index (χ1) is 8.99. The van der Waals surface area contributed by atoms with Gasteiger partial charge in [-0.1, -0.05) is 6.07 Å². The average molecular weight is 260 g/mol. The topological polar surface area (TPSA) is 66.6 Å². The van der Waals surface area contributed by atoms with Crippen LogP contribution in [0.2, 0.25) is 0 Å². The smallest absolute Gasteiger partial charge is 0.258 e. The lowest BCUT2D eigenvalue weighted by molar-refractivity contribution is 0.0993. The molecule has 2 aromatic rings. The SMILES string of the molecule is CN(C(=O)c1ccc(F)c(N)c1)c1cccc(O)c1. The number of carbonyl (C=O) groups excluding carboxylic acids is 1. The number of aromatic hydroxyl groups is 1. The van der Waals surface area contributed by atoms with Crippen molar-refractivity contribution in [2.24, 2.45) is 0 Å². The van der Waals surface area contributed by atoms with Crippen LogP contribution < -0.4 is 10.6 Å². The molecule has 0 aliphatic heterocycles. The van der Waals surface area contributed by atoms with Crippen molar-refractivity contribution in [2.45, 2.75) is 0 Å². The van der Waals surface area contributed by atoms with Crippen LogP contribution in [0.1, 0.15) is 10.4 Å². The molecular formula is C14H13FN2O2. The molecule has 3 N–H and O–H groups in total. The lowest BCUT2D eigenvalue weighted by Crippen LogP contribution is -2.26. The van der Waals surface area contributed by atoms with Crippen LogP contribution in [-0.4, -0.2) is 18.1 Å². The number of nitrogen functional groups attached to an aromatic ring is 1. The van der Waals surface area contributed by atoms with Gasteiger partial charge in [0.25, 0.3) is 5.91 Å². The summed E-state index contributed by atoms with van der Waals surface area (Å²) in [7, 11) is 1.57. The second kappa shape index (κ2) is 4.97. The Morgan fingerprint density at radius 2 is 2.00 bits per heavy atom. The van der Waals surface area contributed by atoms with Crippen LogP contribution in [0, 0.1) is 5.82 Å². The first kappa shape index (κ1) is 12.9. The molecule has 0 bridgehead atoms. The lowest BCUT2D eigenvalue weighted by Gasteiger charge is -2.17. The molecule has 0 saturated heterocycles. The summed E-state index contributed by atoms with van der Waals surface area (Å²) in [6.45, 7) is 0. The van der Waals surface area contributed by atoms with Gasteiger partial charge in [-0.3, -0.25) is 4.79 Å². The van der Waals surface area contributed by atoms with Crippen LogP contribution in [0.4, 0.5) is 15.8 Å². The number of phenolic OH excluding ortho intramolecular Hbond substituents is 1. The highest BCUT2D eigenvalue weighted by atomic mass is 19.1. The van der Waals surface area contributed by atoms with E-state index >= 15 is 0 Å². The predicted molar refractivity (Wildman–Crippen MR) is 71.7 cm³/mol. The number of nitrogens with zero attached hydrogens (tertiary/aromatic N) is 1. The van der Waals surface area contributed by atoms with E-state index in [1.54, 1.807) is 19.2 Å². The molecule has 0 atom stereocenters. The maximum atomic E-state index is 13.1. The van der Waals surface area contributed by atoms with Gasteiger partial charge in [0.2, 0.25) is 0 Å². The summed E-state index contributed by atoms with van der Waals surface area (Å²) >= 11 is 0. The van der Waals surface area contributed by atoms with Crippen molar-refractivity contribution in [3.63, 3.8) is 0 Å². The molecule has 0 aromatic heterocycles. The first-order valence-electron chi connectivity index (χ1n) is 5.61. The van der Waals surface area contributed by atoms with Gasteiger partial charge in [0, 0.05) is 24.4 Å². The number of hydrogen-bond acceptors (Lipinski definition) is 3. The number of phenols is 1. The monoisotopic (exact) mass is 260 g/mol. The van der Waals surface area contributed by atoms with Crippen LogP contribution in [0.15, 0.2) is 42.5 Å². The summed E-state index contributed by atoms with van der Waals surface area (Å²) in [5.74, 6) is -0.829. The van der Waals surface area contributed by atoms with E-state index in [-0.39, 0.29) is 22.9 Å². The number of nitrogens with two attached hydrogens (primary N) is 1. The zero-order valence-corrected chi connectivity index (χ0v) is 10.3. The Morgan fingerprint density at radius 1 is 1.26 bits per heavy atom. The van der Waals surface area contributed by atoms with Crippen molar-refractivity contribution < 1.29 is 14.3 Å². The van der Waals surface area contributed by atoms with E-state index in [0.717, 1.165) is 6.07 Å². The Hall–Kier alpha value is -2.56. The van der Waals surface area contributed by atoms with Gasteiger partial charge in [0.15, 0.2) is 0 Å². The van der Waals surface area contributed by atoms with Crippen LogP contribution in [0.3, 0.4) is 0 Å². The number of anilines is 2. The van der Waals surface area contributed by atoms with E-state index in [1.807, 2.05) is 0 Å². The van der Waals surface area contributed by atoms with Crippen LogP contribution >= 0.6 is 0 Å². The highest BCUT2D eigenvalue weighted by molar-refractivity contribution is 6.06. The summed E-state index contributed by atoms with van der Waals surface area (Å²) < 4.78 is 13.1. The molecule has 4 nitrogen and oxygen atoms in total. The maximum Gasteiger partial charge on any atom is 0.258 e. The molecule has 19 heavy (non-hydrogen) atoms. The molecule has 0 unspecified atom stereocenters. The fraction of sp³-hybridized carbons (Fsp3) is 0.0714. The standard InChI is InChI=1S/C14H13FN2O2/c1-17(10-3-2-4-11(18)8-10)14(19)9-5-6-12(15)13(16)7-9/h2-8,18H,16H2,1H3. The third-order valence-corrected chi connectivity index (χ3v) is 2.76. The van der Waals surface area contributed by atoms with Gasteiger partial charge in [-0.15, -0.1) is 0 Å². The molecular weight excluding hydrogens is 247 g/mol. The van der Waals surface area contributed by atoms with Gasteiger partial charge < -0.3 is 15.7 Å². The molecule has 1 amide bonds. The molecule has 5 heteroatoms. The number of rotatable bonds is 2. The first-order valence-corrected chi connectivity index (χ1v) is 5.61. The van der Waals surface area contributed by atoms with Crippen molar-refractivity contribution in [3.8, 4) is 5.75 Å². The third kappa shape index (κ3) is 2.65. The normalized spacial score (nSPS) is 10.2. The molecule has 2 aromatic carbocycles. The number of carbonyl (C=O) groups is 1.